The average molecular weight is 418 g/mol. The highest BCUT2D eigenvalue weighted by Crippen LogP contribution is 2.32. The van der Waals surface area contributed by atoms with Crippen LogP contribution in [-0.4, -0.2) is 53.0 Å². The van der Waals surface area contributed by atoms with Gasteiger partial charge in [-0.15, -0.1) is 0 Å². The predicted octanol–water partition coefficient (Wildman–Crippen LogP) is 3.66. The first-order valence-corrected chi connectivity index (χ1v) is 10.3. The number of hydrogen-bond donors (Lipinski definition) is 1. The Hall–Kier alpha value is -3.29. The lowest BCUT2D eigenvalue weighted by atomic mass is 9.95. The van der Waals surface area contributed by atoms with E-state index in [1.165, 1.54) is 12.1 Å². The highest BCUT2D eigenvalue weighted by Gasteiger charge is 2.26. The Kier molecular flexibility index (Phi) is 5.13. The van der Waals surface area contributed by atoms with Crippen LogP contribution < -0.4 is 5.76 Å². The number of nitrogens with one attached hydrogen (secondary N) is 1. The topological polar surface area (TPSA) is 65.4 Å². The molecular weight excluding hydrogens is 395 g/mol. The number of H-pyrrole nitrogens is 1. The normalized spacial score (nSPS) is 16.6. The zero-order valence-electron chi connectivity index (χ0n) is 17.2. The quantitative estimate of drug-likeness (QED) is 0.548. The average Bonchev–Trinajstić information content (AvgIpc) is 3.16. The molecule has 1 atom stereocenters. The molecule has 0 bridgehead atoms. The summed E-state index contributed by atoms with van der Waals surface area (Å²) in [7, 11) is 2.13. The van der Waals surface area contributed by atoms with Gasteiger partial charge in [0.05, 0.1) is 11.6 Å². The number of oxazole rings is 1. The monoisotopic (exact) mass is 418 g/mol. The number of piperazine rings is 1. The Morgan fingerprint density at radius 1 is 0.968 bits per heavy atom. The first kappa shape index (κ1) is 19.7. The van der Waals surface area contributed by atoms with E-state index in [0.717, 1.165) is 48.4 Å². The molecule has 1 N–H and O–H groups in total. The van der Waals surface area contributed by atoms with E-state index in [9.17, 15) is 9.18 Å². The molecule has 2 aromatic heterocycles. The van der Waals surface area contributed by atoms with Crippen LogP contribution in [0, 0.1) is 5.82 Å². The van der Waals surface area contributed by atoms with Gasteiger partial charge >= 0.3 is 5.76 Å². The van der Waals surface area contributed by atoms with Gasteiger partial charge in [-0.1, -0.05) is 18.2 Å². The van der Waals surface area contributed by atoms with E-state index in [4.69, 9.17) is 4.42 Å². The minimum atomic E-state index is -0.467. The molecule has 1 unspecified atom stereocenters. The molecule has 0 amide bonds. The number of halogens is 1. The van der Waals surface area contributed by atoms with E-state index in [1.807, 2.05) is 36.5 Å². The van der Waals surface area contributed by atoms with Crippen molar-refractivity contribution in [2.75, 3.05) is 33.2 Å². The van der Waals surface area contributed by atoms with Crippen molar-refractivity contribution < 1.29 is 8.81 Å². The first-order valence-electron chi connectivity index (χ1n) is 10.3. The van der Waals surface area contributed by atoms with E-state index in [-0.39, 0.29) is 11.9 Å². The molecule has 2 aromatic carbocycles. The molecule has 0 spiro atoms. The third-order valence-corrected chi connectivity index (χ3v) is 5.92. The molecule has 1 aliphatic heterocycles. The Balaban J connectivity index is 1.55. The summed E-state index contributed by atoms with van der Waals surface area (Å²) in [6, 6.07) is 14.4. The van der Waals surface area contributed by atoms with Gasteiger partial charge in [-0.25, -0.2) is 9.18 Å². The zero-order valence-corrected chi connectivity index (χ0v) is 17.2. The van der Waals surface area contributed by atoms with Gasteiger partial charge in [0.25, 0.3) is 0 Å². The summed E-state index contributed by atoms with van der Waals surface area (Å²) in [5, 5.41) is 0. The molecule has 1 aliphatic rings. The van der Waals surface area contributed by atoms with Crippen LogP contribution in [0.25, 0.3) is 22.2 Å². The molecule has 1 fully saturated rings. The van der Waals surface area contributed by atoms with E-state index in [2.05, 4.69) is 32.9 Å². The number of aromatic nitrogens is 2. The maximum absolute atomic E-state index is 13.6. The molecular formula is C24H23FN4O2. The van der Waals surface area contributed by atoms with Gasteiger partial charge in [0.1, 0.15) is 5.82 Å². The zero-order chi connectivity index (χ0) is 21.4. The first-order chi connectivity index (χ1) is 15.1. The van der Waals surface area contributed by atoms with Crippen LogP contribution >= 0.6 is 0 Å². The summed E-state index contributed by atoms with van der Waals surface area (Å²) in [6.07, 6.45) is 3.69. The van der Waals surface area contributed by atoms with Crippen LogP contribution in [0.4, 0.5) is 4.39 Å². The second kappa shape index (κ2) is 8.09. The van der Waals surface area contributed by atoms with Crippen molar-refractivity contribution >= 4 is 11.1 Å². The van der Waals surface area contributed by atoms with Crippen LogP contribution in [0.5, 0.6) is 0 Å². The fourth-order valence-corrected chi connectivity index (χ4v) is 4.23. The van der Waals surface area contributed by atoms with Gasteiger partial charge in [0.15, 0.2) is 5.58 Å². The molecule has 158 valence electrons. The number of nitrogens with zero attached hydrogens (tertiary/aromatic N) is 3. The van der Waals surface area contributed by atoms with E-state index in [0.29, 0.717) is 11.1 Å². The summed E-state index contributed by atoms with van der Waals surface area (Å²) in [6.45, 7) is 3.80. The minimum absolute atomic E-state index is 0.0179. The Labute approximate surface area is 178 Å². The number of fused-ring (bicyclic) bond motifs is 1. The summed E-state index contributed by atoms with van der Waals surface area (Å²) >= 11 is 0. The summed E-state index contributed by atoms with van der Waals surface area (Å²) in [4.78, 5) is 23.4. The van der Waals surface area contributed by atoms with Gasteiger partial charge in [0, 0.05) is 44.1 Å². The highest BCUT2D eigenvalue weighted by atomic mass is 19.1. The fourth-order valence-electron chi connectivity index (χ4n) is 4.23. The largest absolute Gasteiger partial charge is 0.417 e. The van der Waals surface area contributed by atoms with Gasteiger partial charge in [0.2, 0.25) is 0 Å². The van der Waals surface area contributed by atoms with E-state index in [1.54, 1.807) is 6.20 Å². The van der Waals surface area contributed by atoms with Crippen LogP contribution in [0.15, 0.2) is 70.1 Å². The van der Waals surface area contributed by atoms with E-state index < -0.39 is 5.76 Å². The Morgan fingerprint density at radius 2 is 1.74 bits per heavy atom. The summed E-state index contributed by atoms with van der Waals surface area (Å²) in [5.41, 5.74) is 5.12. The van der Waals surface area contributed by atoms with Crippen molar-refractivity contribution in [1.29, 1.82) is 0 Å². The molecule has 6 nitrogen and oxygen atoms in total. The SMILES string of the molecule is CN1CCN(C(c2ccc(F)cc2)c2cncc(-c3ccc4[nH]c(=O)oc4c3)c2)CC1. The number of hydrogen-bond acceptors (Lipinski definition) is 5. The molecule has 4 aromatic rings. The lowest BCUT2D eigenvalue weighted by Crippen LogP contribution is -2.46. The third kappa shape index (κ3) is 4.02. The van der Waals surface area contributed by atoms with Crippen molar-refractivity contribution in [3.05, 3.63) is 88.4 Å². The minimum Gasteiger partial charge on any atom is -0.408 e. The van der Waals surface area contributed by atoms with E-state index >= 15 is 0 Å². The number of rotatable bonds is 4. The van der Waals surface area contributed by atoms with Gasteiger partial charge in [-0.05, 0) is 54.1 Å². The number of likely N-dealkylation sites (N-methyl/N-ethyl adjacent to an activating group) is 1. The Morgan fingerprint density at radius 3 is 2.52 bits per heavy atom. The molecule has 7 heteroatoms. The lowest BCUT2D eigenvalue weighted by Gasteiger charge is -2.38. The Bertz CT molecular complexity index is 1260. The molecule has 5 rings (SSSR count). The second-order valence-electron chi connectivity index (χ2n) is 8.03. The third-order valence-electron chi connectivity index (χ3n) is 5.92. The maximum atomic E-state index is 13.6. The van der Waals surface area contributed by atoms with Crippen molar-refractivity contribution in [2.45, 2.75) is 6.04 Å². The van der Waals surface area contributed by atoms with Crippen LogP contribution in [0.3, 0.4) is 0 Å². The van der Waals surface area contributed by atoms with Crippen molar-refractivity contribution in [3.63, 3.8) is 0 Å². The summed E-state index contributed by atoms with van der Waals surface area (Å²) in [5.74, 6) is -0.709. The van der Waals surface area contributed by atoms with Crippen molar-refractivity contribution in [3.8, 4) is 11.1 Å². The number of benzene rings is 2. The van der Waals surface area contributed by atoms with Gasteiger partial charge < -0.3 is 9.32 Å². The fraction of sp³-hybridized carbons (Fsp3) is 0.250. The smallest absolute Gasteiger partial charge is 0.408 e. The lowest BCUT2D eigenvalue weighted by molar-refractivity contribution is 0.127. The summed E-state index contributed by atoms with van der Waals surface area (Å²) < 4.78 is 18.8. The second-order valence-corrected chi connectivity index (χ2v) is 8.03. The molecule has 3 heterocycles. The standard InChI is InChI=1S/C24H23FN4O2/c1-28-8-10-29(11-9-28)23(16-2-5-20(25)6-3-16)19-12-18(14-26-15-19)17-4-7-21-22(13-17)31-24(30)27-21/h2-7,12-15,23H,8-11H2,1H3,(H,27,30). The molecule has 1 saturated heterocycles. The molecule has 31 heavy (non-hydrogen) atoms. The highest BCUT2D eigenvalue weighted by molar-refractivity contribution is 5.79. The van der Waals surface area contributed by atoms with Crippen molar-refractivity contribution in [1.82, 2.24) is 19.8 Å². The van der Waals surface area contributed by atoms with Crippen LogP contribution in [-0.2, 0) is 0 Å². The van der Waals surface area contributed by atoms with Crippen LogP contribution in [0.2, 0.25) is 0 Å². The molecule has 0 aliphatic carbocycles. The number of pyridine rings is 1. The molecule has 0 saturated carbocycles. The van der Waals surface area contributed by atoms with Crippen molar-refractivity contribution in [2.24, 2.45) is 0 Å². The van der Waals surface area contributed by atoms with Crippen LogP contribution in [0.1, 0.15) is 17.2 Å². The predicted molar refractivity (Wildman–Crippen MR) is 117 cm³/mol. The molecule has 0 radical (unpaired) electrons. The van der Waals surface area contributed by atoms with Gasteiger partial charge in [-0.3, -0.25) is 14.9 Å². The maximum Gasteiger partial charge on any atom is 0.417 e. The number of aromatic amines is 1. The van der Waals surface area contributed by atoms with Gasteiger partial charge in [-0.2, -0.15) is 0 Å².